The number of nitrogens with zero attached hydrogens (tertiary/aromatic N) is 4. The number of primary amides is 2. The molecule has 0 radical (unpaired) electrons. The third kappa shape index (κ3) is 7.12. The smallest absolute Gasteiger partial charge is 0.315 e. The minimum Gasteiger partial charge on any atom is -0.351 e. The van der Waals surface area contributed by atoms with Gasteiger partial charge in [-0.3, -0.25) is 14.6 Å². The lowest BCUT2D eigenvalue weighted by molar-refractivity contribution is -0.119. The van der Waals surface area contributed by atoms with E-state index in [0.29, 0.717) is 49.1 Å². The van der Waals surface area contributed by atoms with Gasteiger partial charge >= 0.3 is 12.1 Å². The predicted octanol–water partition coefficient (Wildman–Crippen LogP) is 7.78. The monoisotopic (exact) mass is 708 g/mol. The van der Waals surface area contributed by atoms with Gasteiger partial charge in [0.25, 0.3) is 0 Å². The maximum Gasteiger partial charge on any atom is 0.315 e. The van der Waals surface area contributed by atoms with Gasteiger partial charge in [-0.05, 0) is 137 Å². The Morgan fingerprint density at radius 1 is 0.519 bits per heavy atom. The van der Waals surface area contributed by atoms with Gasteiger partial charge in [-0.15, -0.1) is 0 Å². The summed E-state index contributed by atoms with van der Waals surface area (Å²) in [5.74, 6) is 1.40. The molecule has 8 rings (SSSR count). The number of rotatable bonds is 14. The number of urea groups is 2. The standard InChI is InChI=1S/C43H60N6O3/c44-42(51)46(31-13-9-29(10-14-31)21-25-48-38-17-18-39(48)35-6-2-1-5-34(35)38)27-23-33(50)24-28-47(43(45)52)32-15-11-30(12-16-32)22-26-49-40-19-20-41(49)37-8-4-3-7-36(37)40/h1-8,29-32,38-41H,9-28H2,(H2,44,51)(H2,45,52)/t29?,30?,31?,32?,38-,39+,40-,41+. The van der Waals surface area contributed by atoms with E-state index in [0.717, 1.165) is 64.5 Å². The van der Waals surface area contributed by atoms with Crippen molar-refractivity contribution in [2.75, 3.05) is 26.2 Å². The fourth-order valence-electron chi connectivity index (χ4n) is 11.6. The van der Waals surface area contributed by atoms with Crippen LogP contribution in [0, 0.1) is 11.8 Å². The molecular formula is C43H60N6O3. The van der Waals surface area contributed by atoms with E-state index in [1.54, 1.807) is 32.1 Å². The number of carbonyl (C=O) groups is 3. The summed E-state index contributed by atoms with van der Waals surface area (Å²) in [7, 11) is 0. The van der Waals surface area contributed by atoms with Gasteiger partial charge in [0.2, 0.25) is 0 Å². The van der Waals surface area contributed by atoms with Gasteiger partial charge in [-0.2, -0.15) is 0 Å². The molecule has 4 N–H and O–H groups in total. The molecule has 0 spiro atoms. The molecule has 4 fully saturated rings. The van der Waals surface area contributed by atoms with Crippen molar-refractivity contribution in [2.24, 2.45) is 23.3 Å². The summed E-state index contributed by atoms with van der Waals surface area (Å²) in [4.78, 5) is 47.1. The van der Waals surface area contributed by atoms with Crippen molar-refractivity contribution in [3.63, 3.8) is 0 Å². The molecule has 2 aromatic rings. The highest BCUT2D eigenvalue weighted by Gasteiger charge is 2.44. The number of fused-ring (bicyclic) bond motifs is 10. The van der Waals surface area contributed by atoms with E-state index in [4.69, 9.17) is 11.5 Å². The van der Waals surface area contributed by atoms with Crippen molar-refractivity contribution < 1.29 is 14.4 Å². The summed E-state index contributed by atoms with van der Waals surface area (Å²) >= 11 is 0. The van der Waals surface area contributed by atoms with Crippen LogP contribution < -0.4 is 11.5 Å². The number of benzene rings is 2. The van der Waals surface area contributed by atoms with Crippen LogP contribution in [-0.2, 0) is 4.79 Å². The fourth-order valence-corrected chi connectivity index (χ4v) is 11.6. The Kier molecular flexibility index (Phi) is 10.6. The SMILES string of the molecule is NC(=O)N(CCC(=O)CCN(C(N)=O)C1CCC(CCN2[C@@H]3CC[C@H]2c2ccccc23)CC1)C1CCC(CCN2[C@@H]3CC[C@H]2c2ccccc23)CC1. The first kappa shape index (κ1) is 35.6. The summed E-state index contributed by atoms with van der Waals surface area (Å²) in [6.07, 6.45) is 16.2. The second-order valence-electron chi connectivity index (χ2n) is 17.0. The van der Waals surface area contributed by atoms with E-state index >= 15 is 0 Å². The van der Waals surface area contributed by atoms with Gasteiger partial charge < -0.3 is 21.3 Å². The van der Waals surface area contributed by atoms with Gasteiger partial charge in [0.15, 0.2) is 0 Å². The molecule has 2 saturated carbocycles. The van der Waals surface area contributed by atoms with Crippen LogP contribution in [-0.4, -0.2) is 75.7 Å². The highest BCUT2D eigenvalue weighted by Crippen LogP contribution is 2.54. The number of amides is 4. The van der Waals surface area contributed by atoms with Crippen molar-refractivity contribution >= 4 is 17.8 Å². The van der Waals surface area contributed by atoms with Crippen LogP contribution in [0.3, 0.4) is 0 Å². The zero-order chi connectivity index (χ0) is 35.8. The molecule has 52 heavy (non-hydrogen) atoms. The van der Waals surface area contributed by atoms with Crippen molar-refractivity contribution in [1.82, 2.24) is 19.6 Å². The topological polar surface area (TPSA) is 116 Å². The zero-order valence-electron chi connectivity index (χ0n) is 31.0. The number of nitrogens with two attached hydrogens (primary N) is 2. The molecule has 4 amide bonds. The second kappa shape index (κ2) is 15.5. The summed E-state index contributed by atoms with van der Waals surface area (Å²) in [5, 5.41) is 0. The average molecular weight is 709 g/mol. The molecule has 4 atom stereocenters. The van der Waals surface area contributed by atoms with Gasteiger partial charge in [-0.1, -0.05) is 48.5 Å². The van der Waals surface area contributed by atoms with Crippen LogP contribution in [0.5, 0.6) is 0 Å². The van der Waals surface area contributed by atoms with Crippen molar-refractivity contribution in [1.29, 1.82) is 0 Å². The summed E-state index contributed by atoms with van der Waals surface area (Å²) in [5.41, 5.74) is 17.9. The molecular weight excluding hydrogens is 649 g/mol. The van der Waals surface area contributed by atoms with E-state index in [1.807, 2.05) is 0 Å². The quantitative estimate of drug-likeness (QED) is 0.208. The number of carbonyl (C=O) groups excluding carboxylic acids is 3. The van der Waals surface area contributed by atoms with Crippen LogP contribution >= 0.6 is 0 Å². The van der Waals surface area contributed by atoms with E-state index in [9.17, 15) is 14.4 Å². The van der Waals surface area contributed by atoms with E-state index in [2.05, 4.69) is 58.3 Å². The van der Waals surface area contributed by atoms with Crippen LogP contribution in [0.15, 0.2) is 48.5 Å². The molecule has 4 bridgehead atoms. The molecule has 0 aromatic heterocycles. The summed E-state index contributed by atoms with van der Waals surface area (Å²) in [6, 6.07) is 19.7. The zero-order valence-corrected chi connectivity index (χ0v) is 31.0. The third-order valence-electron chi connectivity index (χ3n) is 14.4. The Labute approximate surface area is 310 Å². The van der Waals surface area contributed by atoms with Gasteiger partial charge in [0.1, 0.15) is 5.78 Å². The van der Waals surface area contributed by atoms with Gasteiger partial charge in [0.05, 0.1) is 0 Å². The second-order valence-corrected chi connectivity index (χ2v) is 17.0. The van der Waals surface area contributed by atoms with Crippen LogP contribution in [0.25, 0.3) is 0 Å². The molecule has 4 aliphatic heterocycles. The highest BCUT2D eigenvalue weighted by atomic mass is 16.2. The van der Waals surface area contributed by atoms with Crippen LogP contribution in [0.4, 0.5) is 9.59 Å². The molecule has 2 aromatic carbocycles. The largest absolute Gasteiger partial charge is 0.351 e. The fraction of sp³-hybridized carbons (Fsp3) is 0.651. The Balaban J connectivity index is 0.737. The first-order valence-electron chi connectivity index (χ1n) is 20.7. The van der Waals surface area contributed by atoms with E-state index in [1.165, 1.54) is 38.5 Å². The lowest BCUT2D eigenvalue weighted by Crippen LogP contribution is -2.47. The van der Waals surface area contributed by atoms with E-state index < -0.39 is 12.1 Å². The van der Waals surface area contributed by atoms with E-state index in [-0.39, 0.29) is 30.7 Å². The van der Waals surface area contributed by atoms with Crippen molar-refractivity contribution in [3.8, 4) is 0 Å². The minimum absolute atomic E-state index is 0.0577. The molecule has 6 aliphatic rings. The third-order valence-corrected chi connectivity index (χ3v) is 14.4. The molecule has 9 nitrogen and oxygen atoms in total. The lowest BCUT2D eigenvalue weighted by Gasteiger charge is -2.37. The molecule has 0 unspecified atom stereocenters. The Bertz CT molecular complexity index is 1420. The normalized spacial score (nSPS) is 30.6. The van der Waals surface area contributed by atoms with Crippen molar-refractivity contribution in [2.45, 2.75) is 139 Å². The first-order chi connectivity index (χ1) is 25.4. The number of hydrogen-bond donors (Lipinski definition) is 2. The minimum atomic E-state index is -0.430. The maximum absolute atomic E-state index is 13.1. The maximum atomic E-state index is 13.1. The molecule has 2 aliphatic carbocycles. The van der Waals surface area contributed by atoms with Crippen LogP contribution in [0.2, 0.25) is 0 Å². The molecule has 9 heteroatoms. The molecule has 280 valence electrons. The molecule has 2 saturated heterocycles. The number of hydrogen-bond acceptors (Lipinski definition) is 5. The van der Waals surface area contributed by atoms with Crippen LogP contribution in [0.1, 0.15) is 149 Å². The summed E-state index contributed by atoms with van der Waals surface area (Å²) < 4.78 is 0. The molecule has 4 heterocycles. The Morgan fingerprint density at radius 2 is 0.846 bits per heavy atom. The Morgan fingerprint density at radius 3 is 1.15 bits per heavy atom. The Hall–Kier alpha value is -3.43. The highest BCUT2D eigenvalue weighted by molar-refractivity contribution is 5.81. The predicted molar refractivity (Wildman–Crippen MR) is 203 cm³/mol. The van der Waals surface area contributed by atoms with Crippen molar-refractivity contribution in [3.05, 3.63) is 70.8 Å². The lowest BCUT2D eigenvalue weighted by atomic mass is 9.83. The van der Waals surface area contributed by atoms with Gasteiger partial charge in [-0.25, -0.2) is 9.59 Å². The number of ketones is 1. The number of Topliss-reactive ketones (excluding diaryl/α,β-unsaturated/α-hetero) is 1. The summed E-state index contributed by atoms with van der Waals surface area (Å²) in [6.45, 7) is 2.99. The average Bonchev–Trinajstić information content (AvgIpc) is 3.92. The van der Waals surface area contributed by atoms with Gasteiger partial charge in [0, 0.05) is 62.2 Å². The first-order valence-corrected chi connectivity index (χ1v) is 20.7.